The summed E-state index contributed by atoms with van der Waals surface area (Å²) in [5, 5.41) is 6.24. The molecule has 1 aromatic heterocycles. The molecule has 0 bridgehead atoms. The second kappa shape index (κ2) is 10.5. The highest BCUT2D eigenvalue weighted by molar-refractivity contribution is 5.92. The number of aromatic nitrogens is 1. The molecule has 0 spiro atoms. The first-order valence-corrected chi connectivity index (χ1v) is 10.5. The fraction of sp³-hybridized carbons (Fsp3) is 0.292. The Morgan fingerprint density at radius 3 is 2.38 bits per heavy atom. The van der Waals surface area contributed by atoms with Gasteiger partial charge in [0.15, 0.2) is 0 Å². The third kappa shape index (κ3) is 5.87. The lowest BCUT2D eigenvalue weighted by Crippen LogP contribution is -2.55. The molecule has 0 aliphatic rings. The van der Waals surface area contributed by atoms with Gasteiger partial charge in [-0.25, -0.2) is 4.79 Å². The van der Waals surface area contributed by atoms with E-state index < -0.39 is 30.0 Å². The van der Waals surface area contributed by atoms with Crippen molar-refractivity contribution in [3.8, 4) is 0 Å². The van der Waals surface area contributed by atoms with Crippen LogP contribution in [0.25, 0.3) is 10.9 Å². The predicted molar refractivity (Wildman–Crippen MR) is 122 cm³/mol. The predicted octanol–water partition coefficient (Wildman–Crippen LogP) is 2.63. The minimum atomic E-state index is -0.960. The van der Waals surface area contributed by atoms with Crippen molar-refractivity contribution in [3.63, 3.8) is 0 Å². The summed E-state index contributed by atoms with van der Waals surface area (Å²) >= 11 is 0. The number of H-pyrrole nitrogens is 1. The van der Waals surface area contributed by atoms with Crippen LogP contribution in [0.3, 0.4) is 0 Å². The Balaban J connectivity index is 1.75. The summed E-state index contributed by atoms with van der Waals surface area (Å²) in [6, 6.07) is 15.1. The Bertz CT molecular complexity index is 1080. The molecule has 32 heavy (non-hydrogen) atoms. The van der Waals surface area contributed by atoms with Crippen molar-refractivity contribution in [2.24, 2.45) is 11.7 Å². The van der Waals surface area contributed by atoms with Crippen molar-refractivity contribution in [3.05, 3.63) is 71.9 Å². The molecule has 3 aromatic rings. The molecule has 5 N–H and O–H groups in total. The molecule has 2 atom stereocenters. The van der Waals surface area contributed by atoms with Crippen LogP contribution in [0.2, 0.25) is 0 Å². The van der Waals surface area contributed by atoms with Gasteiger partial charge in [-0.3, -0.25) is 9.59 Å². The summed E-state index contributed by atoms with van der Waals surface area (Å²) in [5.41, 5.74) is 8.04. The van der Waals surface area contributed by atoms with Gasteiger partial charge in [0, 0.05) is 23.5 Å². The number of nitrogens with one attached hydrogen (secondary N) is 3. The summed E-state index contributed by atoms with van der Waals surface area (Å²) < 4.78 is 5.29. The molecule has 0 unspecified atom stereocenters. The fourth-order valence-electron chi connectivity index (χ4n) is 3.46. The number of nitrogens with two attached hydrogens (primary N) is 1. The Morgan fingerprint density at radius 1 is 1.00 bits per heavy atom. The lowest BCUT2D eigenvalue weighted by atomic mass is 10.0. The maximum absolute atomic E-state index is 13.0. The number of alkyl carbamates (subject to hydrolysis) is 1. The zero-order chi connectivity index (χ0) is 23.1. The SMILES string of the molecule is CC(C)[C@H](NC(=O)[C@H](Cc1c[nH]c2ccccc12)NC(=O)OCc1ccccc1)C(N)=O. The zero-order valence-corrected chi connectivity index (χ0v) is 18.1. The minimum absolute atomic E-state index is 0.0734. The molecule has 0 radical (unpaired) electrons. The Morgan fingerprint density at radius 2 is 1.69 bits per heavy atom. The number of primary amides is 1. The van der Waals surface area contributed by atoms with Crippen LogP contribution < -0.4 is 16.4 Å². The summed E-state index contributed by atoms with van der Waals surface area (Å²) in [6.45, 7) is 3.64. The molecule has 8 heteroatoms. The van der Waals surface area contributed by atoms with Crippen LogP contribution in [-0.4, -0.2) is 35.0 Å². The van der Waals surface area contributed by atoms with Gasteiger partial charge >= 0.3 is 6.09 Å². The van der Waals surface area contributed by atoms with Gasteiger partial charge in [-0.1, -0.05) is 62.4 Å². The van der Waals surface area contributed by atoms with Crippen molar-refractivity contribution in [1.82, 2.24) is 15.6 Å². The van der Waals surface area contributed by atoms with E-state index in [9.17, 15) is 14.4 Å². The second-order valence-corrected chi connectivity index (χ2v) is 7.95. The van der Waals surface area contributed by atoms with Crippen LogP contribution in [0.1, 0.15) is 25.0 Å². The standard InChI is InChI=1S/C24H28N4O4/c1-15(2)21(22(25)29)28-23(30)20(12-17-13-26-19-11-7-6-10-18(17)19)27-24(31)32-14-16-8-4-3-5-9-16/h3-11,13,15,20-21,26H,12,14H2,1-2H3,(H2,25,29)(H,27,31)(H,28,30)/t20-,21-/m0/s1. The van der Waals surface area contributed by atoms with Crippen LogP contribution in [0.5, 0.6) is 0 Å². The van der Waals surface area contributed by atoms with Gasteiger partial charge in [0.05, 0.1) is 0 Å². The van der Waals surface area contributed by atoms with Gasteiger partial charge in [-0.15, -0.1) is 0 Å². The minimum Gasteiger partial charge on any atom is -0.445 e. The normalized spacial score (nSPS) is 12.8. The first kappa shape index (κ1) is 22.9. The molecule has 168 valence electrons. The molecule has 1 heterocycles. The van der Waals surface area contributed by atoms with Crippen LogP contribution in [0, 0.1) is 5.92 Å². The average molecular weight is 437 g/mol. The van der Waals surface area contributed by atoms with Gasteiger partial charge in [0.1, 0.15) is 18.7 Å². The molecule has 2 aromatic carbocycles. The number of hydrogen-bond donors (Lipinski definition) is 4. The van der Waals surface area contributed by atoms with E-state index in [0.717, 1.165) is 22.0 Å². The number of hydrogen-bond acceptors (Lipinski definition) is 4. The number of carbonyl (C=O) groups is 3. The van der Waals surface area contributed by atoms with Crippen molar-refractivity contribution in [2.75, 3.05) is 0 Å². The molecular formula is C24H28N4O4. The zero-order valence-electron chi connectivity index (χ0n) is 18.1. The van der Waals surface area contributed by atoms with Gasteiger partial charge in [0.2, 0.25) is 11.8 Å². The number of para-hydroxylation sites is 1. The monoisotopic (exact) mass is 436 g/mol. The van der Waals surface area contributed by atoms with E-state index in [1.165, 1.54) is 0 Å². The van der Waals surface area contributed by atoms with E-state index in [2.05, 4.69) is 15.6 Å². The number of ether oxygens (including phenoxy) is 1. The molecule has 0 saturated carbocycles. The molecule has 0 aliphatic carbocycles. The summed E-state index contributed by atoms with van der Waals surface area (Å²) in [6.07, 6.45) is 1.28. The van der Waals surface area contributed by atoms with Crippen LogP contribution >= 0.6 is 0 Å². The quantitative estimate of drug-likeness (QED) is 0.411. The smallest absolute Gasteiger partial charge is 0.408 e. The Hall–Kier alpha value is -3.81. The Labute approximate surface area is 186 Å². The van der Waals surface area contributed by atoms with Crippen molar-refractivity contribution in [2.45, 2.75) is 39.0 Å². The molecular weight excluding hydrogens is 408 g/mol. The van der Waals surface area contributed by atoms with E-state index in [1.54, 1.807) is 20.0 Å². The van der Waals surface area contributed by atoms with E-state index in [1.807, 2.05) is 54.6 Å². The lowest BCUT2D eigenvalue weighted by molar-refractivity contribution is -0.129. The van der Waals surface area contributed by atoms with Gasteiger partial charge in [0.25, 0.3) is 0 Å². The fourth-order valence-corrected chi connectivity index (χ4v) is 3.46. The van der Waals surface area contributed by atoms with Crippen molar-refractivity contribution >= 4 is 28.8 Å². The molecule has 8 nitrogen and oxygen atoms in total. The molecule has 0 fully saturated rings. The highest BCUT2D eigenvalue weighted by Gasteiger charge is 2.28. The lowest BCUT2D eigenvalue weighted by Gasteiger charge is -2.23. The summed E-state index contributed by atoms with van der Waals surface area (Å²) in [7, 11) is 0. The summed E-state index contributed by atoms with van der Waals surface area (Å²) in [4.78, 5) is 40.4. The first-order chi connectivity index (χ1) is 15.3. The first-order valence-electron chi connectivity index (χ1n) is 10.5. The number of aromatic amines is 1. The topological polar surface area (TPSA) is 126 Å². The molecule has 3 amide bonds. The highest BCUT2D eigenvalue weighted by atomic mass is 16.5. The number of carbonyl (C=O) groups excluding carboxylic acids is 3. The molecule has 0 saturated heterocycles. The van der Waals surface area contributed by atoms with Gasteiger partial charge in [-0.05, 0) is 23.1 Å². The van der Waals surface area contributed by atoms with Gasteiger partial charge in [-0.2, -0.15) is 0 Å². The second-order valence-electron chi connectivity index (χ2n) is 7.95. The Kier molecular flexibility index (Phi) is 7.49. The van der Waals surface area contributed by atoms with Crippen LogP contribution in [-0.2, 0) is 27.4 Å². The number of benzene rings is 2. The van der Waals surface area contributed by atoms with Crippen LogP contribution in [0.4, 0.5) is 4.79 Å². The maximum Gasteiger partial charge on any atom is 0.408 e. The molecule has 0 aliphatic heterocycles. The summed E-state index contributed by atoms with van der Waals surface area (Å²) in [5.74, 6) is -1.34. The van der Waals surface area contributed by atoms with E-state index >= 15 is 0 Å². The van der Waals surface area contributed by atoms with Crippen molar-refractivity contribution < 1.29 is 19.1 Å². The highest BCUT2D eigenvalue weighted by Crippen LogP contribution is 2.19. The maximum atomic E-state index is 13.0. The van der Waals surface area contributed by atoms with Crippen molar-refractivity contribution in [1.29, 1.82) is 0 Å². The third-order valence-corrected chi connectivity index (χ3v) is 5.19. The van der Waals surface area contributed by atoms with Crippen LogP contribution in [0.15, 0.2) is 60.8 Å². The van der Waals surface area contributed by atoms with E-state index in [-0.39, 0.29) is 18.9 Å². The third-order valence-electron chi connectivity index (χ3n) is 5.19. The molecule has 3 rings (SSSR count). The number of amides is 3. The number of rotatable bonds is 9. The average Bonchev–Trinajstić information content (AvgIpc) is 3.18. The van der Waals surface area contributed by atoms with E-state index in [4.69, 9.17) is 10.5 Å². The number of fused-ring (bicyclic) bond motifs is 1. The van der Waals surface area contributed by atoms with E-state index in [0.29, 0.717) is 0 Å². The van der Waals surface area contributed by atoms with Gasteiger partial charge < -0.3 is 26.1 Å². The largest absolute Gasteiger partial charge is 0.445 e.